The van der Waals surface area contributed by atoms with E-state index >= 15 is 0 Å². The van der Waals surface area contributed by atoms with Gasteiger partial charge in [0.1, 0.15) is 5.82 Å². The average molecular weight is 392 g/mol. The number of nitrogens with zero attached hydrogens (tertiary/aromatic N) is 5. The molecule has 1 aromatic carbocycles. The third-order valence-corrected chi connectivity index (χ3v) is 5.49. The smallest absolute Gasteiger partial charge is 0.252 e. The van der Waals surface area contributed by atoms with Gasteiger partial charge < -0.3 is 14.7 Å². The van der Waals surface area contributed by atoms with Gasteiger partial charge in [0.25, 0.3) is 5.91 Å². The third-order valence-electron chi connectivity index (χ3n) is 5.49. The number of hydrogen-bond acceptors (Lipinski definition) is 7. The molecular weight excluding hydrogens is 368 g/mol. The number of hydrogen-bond donors (Lipinski definition) is 1. The number of anilines is 1. The summed E-state index contributed by atoms with van der Waals surface area (Å²) >= 11 is 0. The van der Waals surface area contributed by atoms with Gasteiger partial charge in [0.05, 0.1) is 17.6 Å². The molecule has 2 aromatic heterocycles. The Bertz CT molecular complexity index is 1040. The molecule has 1 saturated carbocycles. The Hall–Kier alpha value is -3.00. The predicted octanol–water partition coefficient (Wildman–Crippen LogP) is 2.14. The number of aryl methyl sites for hydroxylation is 1. The molecule has 1 aliphatic carbocycles. The number of piperazine rings is 1. The molecule has 0 radical (unpaired) electrons. The van der Waals surface area contributed by atoms with Crippen molar-refractivity contribution in [3.8, 4) is 0 Å². The van der Waals surface area contributed by atoms with Gasteiger partial charge in [-0.25, -0.2) is 4.98 Å². The van der Waals surface area contributed by atoms with Crippen molar-refractivity contribution in [3.05, 3.63) is 47.6 Å². The first-order valence-electron chi connectivity index (χ1n) is 10.1. The zero-order valence-corrected chi connectivity index (χ0v) is 16.5. The summed E-state index contributed by atoms with van der Waals surface area (Å²) in [5.41, 5.74) is 1.57. The summed E-state index contributed by atoms with van der Waals surface area (Å²) in [5, 5.41) is 8.00. The van der Waals surface area contributed by atoms with Gasteiger partial charge in [-0.2, -0.15) is 4.98 Å². The Balaban J connectivity index is 1.34. The van der Waals surface area contributed by atoms with E-state index in [2.05, 4.69) is 25.3 Å². The standard InChI is InChI=1S/C21H24N6O2/c1-14-22-19(25-29-14)13-26-8-10-27(11-9-26)20-12-17(21(28)23-15-6-7-15)16-4-2-3-5-18(16)24-20/h2-5,12,15H,6-11,13H2,1H3,(H,23,28). The van der Waals surface area contributed by atoms with Gasteiger partial charge in [-0.05, 0) is 25.0 Å². The van der Waals surface area contributed by atoms with Gasteiger partial charge in [-0.15, -0.1) is 0 Å². The SMILES string of the molecule is Cc1nc(CN2CCN(c3cc(C(=O)NC4CC4)c4ccccc4n3)CC2)no1. The van der Waals surface area contributed by atoms with Crippen LogP contribution < -0.4 is 10.2 Å². The molecule has 5 rings (SSSR count). The van der Waals surface area contributed by atoms with Crippen LogP contribution in [0.1, 0.15) is 34.9 Å². The molecule has 1 N–H and O–H groups in total. The molecule has 3 heterocycles. The lowest BCUT2D eigenvalue weighted by molar-refractivity contribution is 0.0952. The van der Waals surface area contributed by atoms with Crippen molar-refractivity contribution in [1.82, 2.24) is 25.3 Å². The number of carbonyl (C=O) groups excluding carboxylic acids is 1. The molecule has 3 aromatic rings. The van der Waals surface area contributed by atoms with E-state index in [0.29, 0.717) is 24.0 Å². The van der Waals surface area contributed by atoms with Crippen LogP contribution in [-0.2, 0) is 6.54 Å². The summed E-state index contributed by atoms with van der Waals surface area (Å²) in [6.07, 6.45) is 2.15. The van der Waals surface area contributed by atoms with Crippen LogP contribution in [0.2, 0.25) is 0 Å². The zero-order chi connectivity index (χ0) is 19.8. The quantitative estimate of drug-likeness (QED) is 0.712. The fourth-order valence-electron chi connectivity index (χ4n) is 3.74. The van der Waals surface area contributed by atoms with E-state index in [4.69, 9.17) is 9.51 Å². The van der Waals surface area contributed by atoms with Crippen LogP contribution in [0.15, 0.2) is 34.9 Å². The van der Waals surface area contributed by atoms with Gasteiger partial charge in [0.2, 0.25) is 5.89 Å². The van der Waals surface area contributed by atoms with Gasteiger partial charge >= 0.3 is 0 Å². The number of fused-ring (bicyclic) bond motifs is 1. The molecule has 2 fully saturated rings. The molecule has 0 spiro atoms. The zero-order valence-electron chi connectivity index (χ0n) is 16.5. The van der Waals surface area contributed by atoms with Crippen molar-refractivity contribution in [2.75, 3.05) is 31.1 Å². The topological polar surface area (TPSA) is 87.4 Å². The van der Waals surface area contributed by atoms with Crippen LogP contribution in [0.3, 0.4) is 0 Å². The summed E-state index contributed by atoms with van der Waals surface area (Å²) in [6, 6.07) is 10.1. The molecule has 29 heavy (non-hydrogen) atoms. The Morgan fingerprint density at radius 1 is 1.17 bits per heavy atom. The number of aromatic nitrogens is 3. The number of pyridine rings is 1. The van der Waals surface area contributed by atoms with Crippen molar-refractivity contribution >= 4 is 22.6 Å². The maximum Gasteiger partial charge on any atom is 0.252 e. The van der Waals surface area contributed by atoms with Crippen molar-refractivity contribution in [2.24, 2.45) is 0 Å². The van der Waals surface area contributed by atoms with E-state index in [1.807, 2.05) is 30.3 Å². The second-order valence-corrected chi connectivity index (χ2v) is 7.79. The second-order valence-electron chi connectivity index (χ2n) is 7.79. The van der Waals surface area contributed by atoms with Crippen LogP contribution >= 0.6 is 0 Å². The monoisotopic (exact) mass is 392 g/mol. The molecule has 0 bridgehead atoms. The normalized spacial score (nSPS) is 17.6. The number of nitrogens with one attached hydrogen (secondary N) is 1. The third kappa shape index (κ3) is 3.93. The predicted molar refractivity (Wildman–Crippen MR) is 109 cm³/mol. The van der Waals surface area contributed by atoms with Crippen LogP contribution in [0.4, 0.5) is 5.82 Å². The molecule has 1 aliphatic heterocycles. The molecule has 0 atom stereocenters. The highest BCUT2D eigenvalue weighted by molar-refractivity contribution is 6.07. The first-order valence-corrected chi connectivity index (χ1v) is 10.1. The number of rotatable bonds is 5. The Kier molecular flexibility index (Phi) is 4.63. The van der Waals surface area contributed by atoms with Crippen molar-refractivity contribution < 1.29 is 9.32 Å². The maximum atomic E-state index is 12.8. The fraction of sp³-hybridized carbons (Fsp3) is 0.429. The molecule has 8 nitrogen and oxygen atoms in total. The van der Waals surface area contributed by atoms with Crippen molar-refractivity contribution in [1.29, 1.82) is 0 Å². The molecule has 8 heteroatoms. The summed E-state index contributed by atoms with van der Waals surface area (Å²) in [7, 11) is 0. The largest absolute Gasteiger partial charge is 0.354 e. The van der Waals surface area contributed by atoms with Gasteiger partial charge in [-0.3, -0.25) is 9.69 Å². The lowest BCUT2D eigenvalue weighted by Gasteiger charge is -2.35. The highest BCUT2D eigenvalue weighted by Gasteiger charge is 2.26. The lowest BCUT2D eigenvalue weighted by Crippen LogP contribution is -2.46. The first-order chi connectivity index (χ1) is 14.2. The highest BCUT2D eigenvalue weighted by Crippen LogP contribution is 2.26. The van der Waals surface area contributed by atoms with E-state index in [9.17, 15) is 4.79 Å². The van der Waals surface area contributed by atoms with Crippen LogP contribution in [0.25, 0.3) is 10.9 Å². The van der Waals surface area contributed by atoms with Crippen molar-refractivity contribution in [3.63, 3.8) is 0 Å². The number of benzene rings is 1. The fourth-order valence-corrected chi connectivity index (χ4v) is 3.74. The van der Waals surface area contributed by atoms with E-state index in [1.165, 1.54) is 0 Å². The lowest BCUT2D eigenvalue weighted by atomic mass is 10.1. The summed E-state index contributed by atoms with van der Waals surface area (Å²) < 4.78 is 5.06. The number of carbonyl (C=O) groups is 1. The Morgan fingerprint density at radius 2 is 1.97 bits per heavy atom. The first kappa shape index (κ1) is 18.1. The summed E-state index contributed by atoms with van der Waals surface area (Å²) in [4.78, 5) is 26.5. The van der Waals surface area contributed by atoms with Gasteiger partial charge in [0.15, 0.2) is 5.82 Å². The van der Waals surface area contributed by atoms with E-state index in [1.54, 1.807) is 6.92 Å². The van der Waals surface area contributed by atoms with E-state index in [0.717, 1.165) is 61.6 Å². The Morgan fingerprint density at radius 3 is 2.69 bits per heavy atom. The molecule has 2 aliphatic rings. The van der Waals surface area contributed by atoms with Crippen molar-refractivity contribution in [2.45, 2.75) is 32.4 Å². The minimum atomic E-state index is -0.00142. The number of para-hydroxylation sites is 1. The molecule has 1 amide bonds. The number of amides is 1. The van der Waals surface area contributed by atoms with Crippen LogP contribution in [0, 0.1) is 6.92 Å². The van der Waals surface area contributed by atoms with E-state index in [-0.39, 0.29) is 5.91 Å². The molecule has 150 valence electrons. The van der Waals surface area contributed by atoms with E-state index < -0.39 is 0 Å². The highest BCUT2D eigenvalue weighted by atomic mass is 16.5. The summed E-state index contributed by atoms with van der Waals surface area (Å²) in [6.45, 7) is 5.93. The Labute approximate surface area is 168 Å². The second kappa shape index (κ2) is 7.44. The van der Waals surface area contributed by atoms with Gasteiger partial charge in [-0.1, -0.05) is 23.4 Å². The molecular formula is C21H24N6O2. The molecule has 1 saturated heterocycles. The van der Waals surface area contributed by atoms with Crippen LogP contribution in [0.5, 0.6) is 0 Å². The summed E-state index contributed by atoms with van der Waals surface area (Å²) in [5.74, 6) is 2.17. The molecule has 0 unspecified atom stereocenters. The van der Waals surface area contributed by atoms with Crippen LogP contribution in [-0.4, -0.2) is 58.2 Å². The van der Waals surface area contributed by atoms with Gasteiger partial charge in [0, 0.05) is 44.5 Å². The minimum absolute atomic E-state index is 0.00142. The maximum absolute atomic E-state index is 12.8. The average Bonchev–Trinajstić information content (AvgIpc) is 3.46. The minimum Gasteiger partial charge on any atom is -0.354 e.